The molecule has 3 amide bonds. The van der Waals surface area contributed by atoms with Crippen molar-refractivity contribution >= 4 is 49.9 Å². The molecule has 2 N–H and O–H groups in total. The number of benzene rings is 1. The van der Waals surface area contributed by atoms with Crippen LogP contribution in [0.2, 0.25) is 17.1 Å². The Hall–Kier alpha value is -2.22. The Morgan fingerprint density at radius 2 is 2.19 bits per heavy atom. The minimum Gasteiger partial charge on any atom is -0.437 e. The molecule has 11 heteroatoms. The first kappa shape index (κ1) is 26.8. The molecule has 36 heavy (non-hydrogen) atoms. The molecule has 2 aliphatic carbocycles. The van der Waals surface area contributed by atoms with Crippen LogP contribution in [0.4, 0.5) is 9.59 Å². The zero-order chi connectivity index (χ0) is 25.9. The van der Waals surface area contributed by atoms with Crippen molar-refractivity contribution in [3.63, 3.8) is 0 Å². The Morgan fingerprint density at radius 3 is 2.81 bits per heavy atom. The number of amides is 3. The van der Waals surface area contributed by atoms with Gasteiger partial charge >= 0.3 is 6.09 Å². The van der Waals surface area contributed by atoms with E-state index in [2.05, 4.69) is 16.7 Å². The van der Waals surface area contributed by atoms with Crippen LogP contribution in [0.5, 0.6) is 0 Å². The molecule has 193 valence electrons. The molecule has 1 aromatic carbocycles. The summed E-state index contributed by atoms with van der Waals surface area (Å²) in [5.41, 5.74) is 0.223. The van der Waals surface area contributed by atoms with E-state index >= 15 is 0 Å². The van der Waals surface area contributed by atoms with Crippen molar-refractivity contribution in [1.82, 2.24) is 14.9 Å². The highest BCUT2D eigenvalue weighted by Crippen LogP contribution is 2.51. The topological polar surface area (TPSA) is 112 Å². The number of carbonyl (C=O) groups is 3. The van der Waals surface area contributed by atoms with E-state index in [0.29, 0.717) is 30.0 Å². The second-order valence-corrected chi connectivity index (χ2v) is 14.8. The van der Waals surface area contributed by atoms with Gasteiger partial charge in [-0.05, 0) is 80.3 Å². The van der Waals surface area contributed by atoms with Crippen LogP contribution in [0.1, 0.15) is 51.0 Å². The summed E-state index contributed by atoms with van der Waals surface area (Å²) >= 11 is 7.27. The van der Waals surface area contributed by atoms with E-state index in [0.717, 1.165) is 55.7 Å². The van der Waals surface area contributed by atoms with Crippen LogP contribution in [0.25, 0.3) is 0 Å². The largest absolute Gasteiger partial charge is 0.437 e. The number of carbonyl (C=O) groups excluding carboxylic acids is 3. The lowest BCUT2D eigenvalue weighted by molar-refractivity contribution is -0.123. The van der Waals surface area contributed by atoms with Crippen molar-refractivity contribution in [2.24, 2.45) is 5.92 Å². The van der Waals surface area contributed by atoms with Gasteiger partial charge in [-0.2, -0.15) is 5.26 Å². The SMILES string of the molecule is CN(S[C@](C)(CC1CC1)C(=O)N[C@H](C#N)C[Si]1CCCNC1=O)C(=O)OC1(c2cccc(Cl)c2)CC1. The van der Waals surface area contributed by atoms with Crippen LogP contribution < -0.4 is 10.6 Å². The first-order chi connectivity index (χ1) is 17.1. The third-order valence-electron chi connectivity index (χ3n) is 6.96. The van der Waals surface area contributed by atoms with E-state index in [1.807, 2.05) is 25.1 Å². The summed E-state index contributed by atoms with van der Waals surface area (Å²) in [5.74, 6) is 0.121. The van der Waals surface area contributed by atoms with Gasteiger partial charge in [0.2, 0.25) is 5.91 Å². The number of rotatable bonds is 10. The Morgan fingerprint density at radius 1 is 1.44 bits per heavy atom. The molecule has 2 atom stereocenters. The van der Waals surface area contributed by atoms with Gasteiger partial charge in [0, 0.05) is 18.6 Å². The van der Waals surface area contributed by atoms with Gasteiger partial charge in [-0.25, -0.2) is 4.79 Å². The third kappa shape index (κ3) is 6.55. The fraction of sp³-hybridized carbons (Fsp3) is 0.600. The molecule has 1 saturated heterocycles. The Bertz CT molecular complexity index is 1060. The number of hydrogen-bond donors (Lipinski definition) is 2. The minimum absolute atomic E-state index is 0.0343. The monoisotopic (exact) mass is 547 g/mol. The first-order valence-electron chi connectivity index (χ1n) is 12.4. The van der Waals surface area contributed by atoms with E-state index in [1.54, 1.807) is 13.1 Å². The maximum Gasteiger partial charge on any atom is 0.420 e. The van der Waals surface area contributed by atoms with Crippen LogP contribution in [-0.4, -0.2) is 55.0 Å². The number of ether oxygens (including phenoxy) is 1. The molecule has 3 aliphatic rings. The van der Waals surface area contributed by atoms with Crippen LogP contribution in [0.15, 0.2) is 24.3 Å². The van der Waals surface area contributed by atoms with Crippen molar-refractivity contribution in [3.05, 3.63) is 34.9 Å². The van der Waals surface area contributed by atoms with Crippen molar-refractivity contribution in [3.8, 4) is 6.07 Å². The summed E-state index contributed by atoms with van der Waals surface area (Å²) in [6, 6.07) is 9.96. The van der Waals surface area contributed by atoms with E-state index in [4.69, 9.17) is 16.3 Å². The van der Waals surface area contributed by atoms with Crippen LogP contribution in [0.3, 0.4) is 0 Å². The van der Waals surface area contributed by atoms with Gasteiger partial charge in [0.15, 0.2) is 14.3 Å². The molecule has 1 radical (unpaired) electrons. The van der Waals surface area contributed by atoms with Crippen molar-refractivity contribution < 1.29 is 19.1 Å². The number of nitriles is 1. The number of halogens is 1. The van der Waals surface area contributed by atoms with Gasteiger partial charge in [-0.15, -0.1) is 0 Å². The van der Waals surface area contributed by atoms with E-state index in [-0.39, 0.29) is 11.4 Å². The molecule has 8 nitrogen and oxygen atoms in total. The molecule has 4 rings (SSSR count). The quantitative estimate of drug-likeness (QED) is 0.321. The molecule has 1 aliphatic heterocycles. The Balaban J connectivity index is 1.40. The Kier molecular flexibility index (Phi) is 8.22. The lowest BCUT2D eigenvalue weighted by atomic mass is 10.0. The summed E-state index contributed by atoms with van der Waals surface area (Å²) in [7, 11) is 0.207. The second-order valence-electron chi connectivity index (χ2n) is 10.2. The molecule has 3 fully saturated rings. The molecule has 0 spiro atoms. The summed E-state index contributed by atoms with van der Waals surface area (Å²) < 4.78 is 6.32. The molecule has 0 unspecified atom stereocenters. The van der Waals surface area contributed by atoms with Crippen LogP contribution in [-0.2, 0) is 15.1 Å². The molecular formula is C25H32ClN4O4SSi. The minimum atomic E-state index is -1.40. The zero-order valence-corrected chi connectivity index (χ0v) is 23.2. The predicted octanol–water partition coefficient (Wildman–Crippen LogP) is 4.80. The van der Waals surface area contributed by atoms with Gasteiger partial charge in [0.25, 0.3) is 0 Å². The molecule has 1 heterocycles. The van der Waals surface area contributed by atoms with E-state index in [1.165, 1.54) is 4.31 Å². The summed E-state index contributed by atoms with van der Waals surface area (Å²) in [6.45, 7) is 2.49. The van der Waals surface area contributed by atoms with Crippen molar-refractivity contribution in [2.75, 3.05) is 13.6 Å². The van der Waals surface area contributed by atoms with Crippen molar-refractivity contribution in [2.45, 2.75) is 73.9 Å². The molecular weight excluding hydrogens is 516 g/mol. The highest BCUT2D eigenvalue weighted by Gasteiger charge is 2.50. The predicted molar refractivity (Wildman–Crippen MR) is 141 cm³/mol. The van der Waals surface area contributed by atoms with Gasteiger partial charge in [-0.3, -0.25) is 13.9 Å². The second kappa shape index (κ2) is 11.0. The van der Waals surface area contributed by atoms with Crippen LogP contribution in [0, 0.1) is 17.2 Å². The maximum absolute atomic E-state index is 13.5. The van der Waals surface area contributed by atoms with Crippen molar-refractivity contribution in [1.29, 1.82) is 5.26 Å². The molecule has 2 saturated carbocycles. The van der Waals surface area contributed by atoms with Crippen LogP contribution >= 0.6 is 23.5 Å². The van der Waals surface area contributed by atoms with Gasteiger partial charge in [0.1, 0.15) is 16.4 Å². The molecule has 0 bridgehead atoms. The number of nitrogens with one attached hydrogen (secondary N) is 2. The summed E-state index contributed by atoms with van der Waals surface area (Å²) in [4.78, 5) is 38.7. The summed E-state index contributed by atoms with van der Waals surface area (Å²) in [5, 5.41) is 16.0. The highest BCUT2D eigenvalue weighted by atomic mass is 35.5. The molecule has 1 aromatic rings. The maximum atomic E-state index is 13.5. The standard InChI is InChI=1S/C25H32ClN4O4SSi/c1-24(14-17-7-8-17,21(31)29-20(15-27)16-36-12-4-11-28-22(36)32)35-30(2)23(33)34-25(9-10-25)18-5-3-6-19(26)13-18/h3,5-6,13,17,20H,4,7-12,14,16H2,1-2H3,(H,28,32)(H,29,31)/t20-,24-/m1/s1. The zero-order valence-electron chi connectivity index (χ0n) is 20.6. The lowest BCUT2D eigenvalue weighted by Crippen LogP contribution is -2.51. The lowest BCUT2D eigenvalue weighted by Gasteiger charge is -2.33. The first-order valence-corrected chi connectivity index (χ1v) is 15.5. The highest BCUT2D eigenvalue weighted by molar-refractivity contribution is 7.99. The average Bonchev–Trinajstić information content (AvgIpc) is 3.77. The van der Waals surface area contributed by atoms with Gasteiger partial charge in [-0.1, -0.05) is 36.6 Å². The average molecular weight is 548 g/mol. The number of hydrogen-bond acceptors (Lipinski definition) is 6. The third-order valence-corrected chi connectivity index (χ3v) is 11.1. The normalized spacial score (nSPS) is 21.3. The fourth-order valence-corrected chi connectivity index (χ4v) is 8.21. The Labute approximate surface area is 223 Å². The van der Waals surface area contributed by atoms with Gasteiger partial charge < -0.3 is 15.4 Å². The number of nitrogens with zero attached hydrogens (tertiary/aromatic N) is 2. The van der Waals surface area contributed by atoms with Gasteiger partial charge in [0.05, 0.1) is 6.07 Å². The molecule has 0 aromatic heterocycles. The van der Waals surface area contributed by atoms with E-state index in [9.17, 15) is 19.6 Å². The fourth-order valence-electron chi connectivity index (χ4n) is 4.57. The summed E-state index contributed by atoms with van der Waals surface area (Å²) in [6.07, 6.45) is 4.52. The smallest absolute Gasteiger partial charge is 0.420 e. The van der Waals surface area contributed by atoms with E-state index < -0.39 is 31.3 Å².